The number of aromatic nitrogens is 2. The zero-order chi connectivity index (χ0) is 16.6. The van der Waals surface area contributed by atoms with Crippen molar-refractivity contribution in [2.45, 2.75) is 24.7 Å². The summed E-state index contributed by atoms with van der Waals surface area (Å²) in [6.45, 7) is 0. The molecule has 4 rings (SSSR count). The standard InChI is InChI=1S/C19H15N3O2/c23-16(24)5-7-19(11-13-6-10-20-12-13)14-3-1-8-21-17(14)18-15(19)4-2-9-22-18/h1-4,6,8-10,12H,5,7,11H2/p+1. The highest BCUT2D eigenvalue weighted by Gasteiger charge is 2.45. The molecule has 1 N–H and O–H groups in total. The SMILES string of the molecule is O=C(O)CCC1(CC2=CC=[N+]=C2)c2cccnc2-c2ncccc21. The Morgan fingerprint density at radius 1 is 1.12 bits per heavy atom. The largest absolute Gasteiger partial charge is 0.481 e. The van der Waals surface area contributed by atoms with Crippen LogP contribution in [0.2, 0.25) is 0 Å². The average molecular weight is 318 g/mol. The second kappa shape index (κ2) is 5.55. The Labute approximate surface area is 139 Å². The number of pyridine rings is 2. The van der Waals surface area contributed by atoms with Crippen LogP contribution >= 0.6 is 0 Å². The van der Waals surface area contributed by atoms with Crippen LogP contribution in [0.25, 0.3) is 11.4 Å². The summed E-state index contributed by atoms with van der Waals surface area (Å²) in [6.07, 6.45) is 10.4. The first-order chi connectivity index (χ1) is 11.7. The van der Waals surface area contributed by atoms with E-state index >= 15 is 0 Å². The summed E-state index contributed by atoms with van der Waals surface area (Å²) in [5.74, 6) is -0.794. The molecule has 0 atom stereocenters. The summed E-state index contributed by atoms with van der Waals surface area (Å²) in [5, 5.41) is 9.27. The van der Waals surface area contributed by atoms with Gasteiger partial charge in [-0.25, -0.2) is 0 Å². The monoisotopic (exact) mass is 318 g/mol. The minimum Gasteiger partial charge on any atom is -0.481 e. The minimum atomic E-state index is -0.794. The van der Waals surface area contributed by atoms with E-state index in [-0.39, 0.29) is 6.42 Å². The van der Waals surface area contributed by atoms with Crippen molar-refractivity contribution in [1.82, 2.24) is 14.6 Å². The van der Waals surface area contributed by atoms with Crippen LogP contribution < -0.4 is 4.67 Å². The molecule has 1 aliphatic carbocycles. The number of nitrogens with zero attached hydrogens (tertiary/aromatic N) is 3. The molecular weight excluding hydrogens is 302 g/mol. The molecule has 0 saturated carbocycles. The van der Waals surface area contributed by atoms with Crippen LogP contribution in [0.5, 0.6) is 0 Å². The van der Waals surface area contributed by atoms with Crippen LogP contribution in [0.1, 0.15) is 30.4 Å². The highest BCUT2D eigenvalue weighted by atomic mass is 16.4. The van der Waals surface area contributed by atoms with Gasteiger partial charge in [-0.05, 0) is 36.1 Å². The van der Waals surface area contributed by atoms with Gasteiger partial charge in [0.2, 0.25) is 0 Å². The molecule has 2 aliphatic rings. The molecule has 5 nitrogen and oxygen atoms in total. The molecule has 5 heteroatoms. The number of carbonyl (C=O) groups is 1. The Kier molecular flexibility index (Phi) is 3.36. The van der Waals surface area contributed by atoms with Crippen LogP contribution in [-0.4, -0.2) is 33.5 Å². The molecule has 1 aliphatic heterocycles. The van der Waals surface area contributed by atoms with Gasteiger partial charge in [0, 0.05) is 35.9 Å². The molecule has 0 fully saturated rings. The summed E-state index contributed by atoms with van der Waals surface area (Å²) in [4.78, 5) is 20.3. The van der Waals surface area contributed by atoms with E-state index in [0.717, 1.165) is 28.1 Å². The third kappa shape index (κ3) is 2.18. The van der Waals surface area contributed by atoms with Crippen molar-refractivity contribution < 1.29 is 9.90 Å². The van der Waals surface area contributed by atoms with Crippen LogP contribution in [0.4, 0.5) is 0 Å². The molecule has 0 unspecified atom stereocenters. The van der Waals surface area contributed by atoms with Crippen molar-refractivity contribution >= 4 is 18.4 Å². The van der Waals surface area contributed by atoms with E-state index in [1.54, 1.807) is 18.6 Å². The van der Waals surface area contributed by atoms with Gasteiger partial charge in [0.25, 0.3) is 12.4 Å². The fraction of sp³-hybridized carbons (Fsp3) is 0.211. The van der Waals surface area contributed by atoms with E-state index in [0.29, 0.717) is 12.8 Å². The minimum absolute atomic E-state index is 0.0941. The Hall–Kier alpha value is -3.04. The maximum absolute atomic E-state index is 11.3. The summed E-state index contributed by atoms with van der Waals surface area (Å²) in [5.41, 5.74) is 4.49. The van der Waals surface area contributed by atoms with Gasteiger partial charge in [-0.2, -0.15) is 0 Å². The molecule has 0 radical (unpaired) electrons. The normalized spacial score (nSPS) is 15.9. The third-order valence-corrected chi connectivity index (χ3v) is 4.76. The van der Waals surface area contributed by atoms with Gasteiger partial charge in [-0.15, -0.1) is 4.67 Å². The van der Waals surface area contributed by atoms with Crippen molar-refractivity contribution in [2.24, 2.45) is 0 Å². The maximum Gasteiger partial charge on any atom is 0.303 e. The van der Waals surface area contributed by atoms with E-state index < -0.39 is 11.4 Å². The highest BCUT2D eigenvalue weighted by Crippen LogP contribution is 2.52. The van der Waals surface area contributed by atoms with Crippen molar-refractivity contribution in [3.8, 4) is 11.4 Å². The summed E-state index contributed by atoms with van der Waals surface area (Å²) < 4.78 is 4.15. The molecular formula is C19H16N3O2+. The second-order valence-electron chi connectivity index (χ2n) is 6.12. The Morgan fingerprint density at radius 3 is 2.33 bits per heavy atom. The lowest BCUT2D eigenvalue weighted by Gasteiger charge is -2.30. The number of hydrogen-bond acceptors (Lipinski definition) is 3. The molecule has 24 heavy (non-hydrogen) atoms. The van der Waals surface area contributed by atoms with Crippen molar-refractivity contribution in [3.05, 3.63) is 59.4 Å². The van der Waals surface area contributed by atoms with Gasteiger partial charge in [-0.1, -0.05) is 12.1 Å². The number of carboxylic acids is 1. The van der Waals surface area contributed by atoms with Crippen molar-refractivity contribution in [3.63, 3.8) is 0 Å². The fourth-order valence-corrected chi connectivity index (χ4v) is 3.75. The van der Waals surface area contributed by atoms with Gasteiger partial charge >= 0.3 is 5.97 Å². The van der Waals surface area contributed by atoms with E-state index in [1.165, 1.54) is 0 Å². The molecule has 0 spiro atoms. The zero-order valence-electron chi connectivity index (χ0n) is 13.0. The van der Waals surface area contributed by atoms with Crippen LogP contribution in [0.15, 0.2) is 48.3 Å². The highest BCUT2D eigenvalue weighted by molar-refractivity contribution is 5.94. The Bertz CT molecular complexity index is 878. The summed E-state index contributed by atoms with van der Waals surface area (Å²) in [6, 6.07) is 7.90. The van der Waals surface area contributed by atoms with E-state index in [4.69, 9.17) is 0 Å². The first-order valence-electron chi connectivity index (χ1n) is 7.89. The second-order valence-corrected chi connectivity index (χ2v) is 6.12. The van der Waals surface area contributed by atoms with E-state index in [1.807, 2.05) is 36.6 Å². The van der Waals surface area contributed by atoms with Crippen LogP contribution in [0.3, 0.4) is 0 Å². The number of hydrogen-bond donors (Lipinski definition) is 1. The third-order valence-electron chi connectivity index (χ3n) is 4.76. The molecule has 0 amide bonds. The molecule has 2 aromatic rings. The quantitative estimate of drug-likeness (QED) is 0.857. The van der Waals surface area contributed by atoms with Crippen LogP contribution in [0, 0.1) is 0 Å². The molecule has 0 bridgehead atoms. The van der Waals surface area contributed by atoms with E-state index in [2.05, 4.69) is 14.6 Å². The topological polar surface area (TPSA) is 77.2 Å². The summed E-state index contributed by atoms with van der Waals surface area (Å²) >= 11 is 0. The Morgan fingerprint density at radius 2 is 1.79 bits per heavy atom. The predicted octanol–water partition coefficient (Wildman–Crippen LogP) is 2.15. The number of fused-ring (bicyclic) bond motifs is 3. The lowest BCUT2D eigenvalue weighted by Crippen LogP contribution is -2.27. The molecule has 3 heterocycles. The fourth-order valence-electron chi connectivity index (χ4n) is 3.75. The average Bonchev–Trinajstić information content (AvgIpc) is 3.20. The van der Waals surface area contributed by atoms with Crippen molar-refractivity contribution in [1.29, 1.82) is 0 Å². The lowest BCUT2D eigenvalue weighted by molar-refractivity contribution is -0.137. The number of rotatable bonds is 5. The molecule has 0 saturated heterocycles. The zero-order valence-corrected chi connectivity index (χ0v) is 13.0. The smallest absolute Gasteiger partial charge is 0.303 e. The summed E-state index contributed by atoms with van der Waals surface area (Å²) in [7, 11) is 0. The van der Waals surface area contributed by atoms with Gasteiger partial charge < -0.3 is 5.11 Å². The molecule has 2 aromatic heterocycles. The molecule has 118 valence electrons. The molecule has 0 aromatic carbocycles. The first-order valence-corrected chi connectivity index (χ1v) is 7.89. The maximum atomic E-state index is 11.3. The van der Waals surface area contributed by atoms with Gasteiger partial charge in [0.1, 0.15) is 0 Å². The van der Waals surface area contributed by atoms with Crippen molar-refractivity contribution in [2.75, 3.05) is 0 Å². The van der Waals surface area contributed by atoms with Gasteiger partial charge in [-0.3, -0.25) is 14.8 Å². The van der Waals surface area contributed by atoms with Crippen LogP contribution in [-0.2, 0) is 10.2 Å². The lowest BCUT2D eigenvalue weighted by atomic mass is 9.71. The predicted molar refractivity (Wildman–Crippen MR) is 92.1 cm³/mol. The number of carboxylic acid groups (broad SMARTS) is 1. The van der Waals surface area contributed by atoms with Gasteiger partial charge in [0.15, 0.2) is 0 Å². The first kappa shape index (κ1) is 14.5. The van der Waals surface area contributed by atoms with E-state index in [9.17, 15) is 9.90 Å². The van der Waals surface area contributed by atoms with Gasteiger partial charge in [0.05, 0.1) is 11.4 Å². The number of allylic oxidation sites excluding steroid dienone is 2. The Balaban J connectivity index is 1.90. The number of aliphatic carboxylic acids is 1.